The zero-order valence-electron chi connectivity index (χ0n) is 12.4. The molecule has 0 radical (unpaired) electrons. The van der Waals surface area contributed by atoms with Crippen molar-refractivity contribution in [3.8, 4) is 11.1 Å². The molecule has 0 saturated carbocycles. The molecule has 0 atom stereocenters. The van der Waals surface area contributed by atoms with Gasteiger partial charge in [0.15, 0.2) is 0 Å². The molecule has 8 nitrogen and oxygen atoms in total. The van der Waals surface area contributed by atoms with Crippen molar-refractivity contribution < 1.29 is 19.2 Å². The lowest BCUT2D eigenvalue weighted by Gasteiger charge is -2.16. The van der Waals surface area contributed by atoms with Crippen molar-refractivity contribution in [2.75, 3.05) is 0 Å². The summed E-state index contributed by atoms with van der Waals surface area (Å²) in [6.45, 7) is 0. The van der Waals surface area contributed by atoms with E-state index in [0.717, 1.165) is 0 Å². The normalized spacial score (nSPS) is 10.2. The molecule has 8 N–H and O–H groups in total. The van der Waals surface area contributed by atoms with Crippen molar-refractivity contribution in [2.45, 2.75) is 0 Å². The topological polar surface area (TPSA) is 172 Å². The number of primary amides is 4. The molecule has 0 aliphatic heterocycles. The van der Waals surface area contributed by atoms with E-state index in [4.69, 9.17) is 22.9 Å². The third kappa shape index (κ3) is 2.80. The Bertz CT molecular complexity index is 752. The summed E-state index contributed by atoms with van der Waals surface area (Å²) in [5.41, 5.74) is 20.9. The molecule has 8 heteroatoms. The largest absolute Gasteiger partial charge is 0.366 e. The Morgan fingerprint density at radius 3 is 0.875 bits per heavy atom. The highest BCUT2D eigenvalue weighted by atomic mass is 16.2. The Kier molecular flexibility index (Phi) is 4.32. The summed E-state index contributed by atoms with van der Waals surface area (Å²) in [5.74, 6) is -3.49. The van der Waals surface area contributed by atoms with E-state index < -0.39 is 23.6 Å². The molecular weight excluding hydrogens is 312 g/mol. The Morgan fingerprint density at radius 2 is 0.708 bits per heavy atom. The van der Waals surface area contributed by atoms with E-state index in [1.807, 2.05) is 0 Å². The van der Waals surface area contributed by atoms with Gasteiger partial charge in [0.1, 0.15) is 0 Å². The molecule has 122 valence electrons. The van der Waals surface area contributed by atoms with Crippen LogP contribution in [-0.2, 0) is 0 Å². The van der Waals surface area contributed by atoms with Gasteiger partial charge in [0.05, 0.1) is 0 Å². The number of carbonyl (C=O) groups is 4. The summed E-state index contributed by atoms with van der Waals surface area (Å²) in [4.78, 5) is 47.1. The number of hydrogen-bond acceptors (Lipinski definition) is 4. The third-order valence-corrected chi connectivity index (χ3v) is 3.44. The van der Waals surface area contributed by atoms with Crippen molar-refractivity contribution in [3.63, 3.8) is 0 Å². The molecule has 0 spiro atoms. The lowest BCUT2D eigenvalue weighted by Crippen LogP contribution is -2.22. The van der Waals surface area contributed by atoms with Gasteiger partial charge in [-0.3, -0.25) is 19.2 Å². The lowest BCUT2D eigenvalue weighted by molar-refractivity contribution is 0.0982. The van der Waals surface area contributed by atoms with E-state index in [0.29, 0.717) is 0 Å². The molecule has 0 saturated heterocycles. The van der Waals surface area contributed by atoms with Crippen LogP contribution >= 0.6 is 0 Å². The van der Waals surface area contributed by atoms with Crippen LogP contribution in [-0.4, -0.2) is 23.6 Å². The van der Waals surface area contributed by atoms with E-state index in [2.05, 4.69) is 0 Å². The summed E-state index contributed by atoms with van der Waals surface area (Å²) in [6.07, 6.45) is 0. The quantitative estimate of drug-likeness (QED) is 0.593. The molecule has 0 fully saturated rings. The molecule has 0 aliphatic carbocycles. The van der Waals surface area contributed by atoms with Crippen LogP contribution in [0.4, 0.5) is 0 Å². The zero-order valence-corrected chi connectivity index (χ0v) is 12.4. The lowest BCUT2D eigenvalue weighted by atomic mass is 9.87. The second-order valence-corrected chi connectivity index (χ2v) is 4.91. The van der Waals surface area contributed by atoms with Crippen molar-refractivity contribution in [1.82, 2.24) is 0 Å². The summed E-state index contributed by atoms with van der Waals surface area (Å²) in [5, 5.41) is 0. The molecule has 4 amide bonds. The highest BCUT2D eigenvalue weighted by molar-refractivity contribution is 6.15. The Morgan fingerprint density at radius 1 is 0.500 bits per heavy atom. The van der Waals surface area contributed by atoms with Crippen LogP contribution in [0, 0.1) is 0 Å². The van der Waals surface area contributed by atoms with Gasteiger partial charge >= 0.3 is 0 Å². The number of benzene rings is 2. The van der Waals surface area contributed by atoms with Gasteiger partial charge in [-0.25, -0.2) is 0 Å². The van der Waals surface area contributed by atoms with Crippen LogP contribution in [0.2, 0.25) is 0 Å². The number of nitrogens with two attached hydrogens (primary N) is 4. The number of amides is 4. The summed E-state index contributed by atoms with van der Waals surface area (Å²) in [7, 11) is 0. The second kappa shape index (κ2) is 6.21. The zero-order chi connectivity index (χ0) is 18.0. The Hall–Kier alpha value is -3.68. The first-order valence-electron chi connectivity index (χ1n) is 6.71. The molecule has 2 rings (SSSR count). The predicted octanol–water partition coefficient (Wildman–Crippen LogP) is -0.251. The number of carbonyl (C=O) groups excluding carboxylic acids is 4. The van der Waals surface area contributed by atoms with Crippen LogP contribution in [0.15, 0.2) is 36.4 Å². The SMILES string of the molecule is NC(=O)c1cccc(C(N)=O)c1-c1c(C(N)=O)cccc1C(N)=O. The fourth-order valence-corrected chi connectivity index (χ4v) is 2.46. The van der Waals surface area contributed by atoms with Gasteiger partial charge in [-0.2, -0.15) is 0 Å². The van der Waals surface area contributed by atoms with E-state index in [-0.39, 0.29) is 33.4 Å². The van der Waals surface area contributed by atoms with Gasteiger partial charge in [-0.1, -0.05) is 12.1 Å². The minimum atomic E-state index is -0.872. The summed E-state index contributed by atoms with van der Waals surface area (Å²) < 4.78 is 0. The molecular formula is C16H14N4O4. The summed E-state index contributed by atoms with van der Waals surface area (Å²) in [6, 6.07) is 8.17. The second-order valence-electron chi connectivity index (χ2n) is 4.91. The van der Waals surface area contributed by atoms with Crippen molar-refractivity contribution in [3.05, 3.63) is 58.7 Å². The Labute approximate surface area is 136 Å². The standard InChI is InChI=1S/C16H14N4O4/c17-13(21)7-3-1-4-8(14(18)22)11(7)12-9(15(19)23)5-2-6-10(12)16(20)24/h1-6H,(H2,17,21)(H2,18,22)(H2,19,23)(H2,20,24). The number of hydrogen-bond donors (Lipinski definition) is 4. The van der Waals surface area contributed by atoms with E-state index >= 15 is 0 Å². The van der Waals surface area contributed by atoms with Gasteiger partial charge in [-0.15, -0.1) is 0 Å². The molecule has 0 heterocycles. The summed E-state index contributed by atoms with van der Waals surface area (Å²) >= 11 is 0. The monoisotopic (exact) mass is 326 g/mol. The maximum Gasteiger partial charge on any atom is 0.249 e. The average molecular weight is 326 g/mol. The van der Waals surface area contributed by atoms with E-state index in [9.17, 15) is 19.2 Å². The Balaban J connectivity index is 3.06. The van der Waals surface area contributed by atoms with Crippen molar-refractivity contribution in [2.24, 2.45) is 22.9 Å². The van der Waals surface area contributed by atoms with Crippen molar-refractivity contribution >= 4 is 23.6 Å². The molecule has 0 bridgehead atoms. The van der Waals surface area contributed by atoms with Crippen LogP contribution in [0.25, 0.3) is 11.1 Å². The van der Waals surface area contributed by atoms with Gasteiger partial charge in [0.25, 0.3) is 0 Å². The molecule has 0 aliphatic rings. The van der Waals surface area contributed by atoms with Gasteiger partial charge in [-0.05, 0) is 24.3 Å². The van der Waals surface area contributed by atoms with Crippen LogP contribution in [0.3, 0.4) is 0 Å². The maximum atomic E-state index is 11.8. The van der Waals surface area contributed by atoms with Crippen LogP contribution < -0.4 is 22.9 Å². The van der Waals surface area contributed by atoms with Crippen molar-refractivity contribution in [1.29, 1.82) is 0 Å². The van der Waals surface area contributed by atoms with Gasteiger partial charge in [0, 0.05) is 33.4 Å². The van der Waals surface area contributed by atoms with E-state index in [1.165, 1.54) is 36.4 Å². The van der Waals surface area contributed by atoms with E-state index in [1.54, 1.807) is 0 Å². The van der Waals surface area contributed by atoms with Crippen LogP contribution in [0.1, 0.15) is 41.4 Å². The molecule has 0 aromatic heterocycles. The first-order chi connectivity index (χ1) is 11.3. The molecule has 2 aromatic rings. The van der Waals surface area contributed by atoms with Crippen LogP contribution in [0.5, 0.6) is 0 Å². The fraction of sp³-hybridized carbons (Fsp3) is 0. The minimum Gasteiger partial charge on any atom is -0.366 e. The van der Waals surface area contributed by atoms with Gasteiger partial charge in [0.2, 0.25) is 23.6 Å². The average Bonchev–Trinajstić information content (AvgIpc) is 2.52. The highest BCUT2D eigenvalue weighted by Gasteiger charge is 2.25. The first kappa shape index (κ1) is 16.7. The predicted molar refractivity (Wildman–Crippen MR) is 85.9 cm³/mol. The fourth-order valence-electron chi connectivity index (χ4n) is 2.46. The molecule has 2 aromatic carbocycles. The number of rotatable bonds is 5. The minimum absolute atomic E-state index is 0.0549. The molecule has 24 heavy (non-hydrogen) atoms. The smallest absolute Gasteiger partial charge is 0.249 e. The first-order valence-corrected chi connectivity index (χ1v) is 6.71. The molecule has 0 unspecified atom stereocenters. The highest BCUT2D eigenvalue weighted by Crippen LogP contribution is 2.33. The maximum absolute atomic E-state index is 11.8. The third-order valence-electron chi connectivity index (χ3n) is 3.44. The van der Waals surface area contributed by atoms with Gasteiger partial charge < -0.3 is 22.9 Å².